The monoisotopic (exact) mass is 649 g/mol. The third-order valence-electron chi connectivity index (χ3n) is 9.33. The van der Waals surface area contributed by atoms with E-state index in [1.165, 1.54) is 35.3 Å². The fourth-order valence-electron chi connectivity index (χ4n) is 6.89. The zero-order valence-corrected chi connectivity index (χ0v) is 28.8. The Bertz CT molecular complexity index is 1740. The minimum atomic E-state index is 0.355. The lowest BCUT2D eigenvalue weighted by molar-refractivity contribution is 0.236. The number of halogens is 1. The smallest absolute Gasteiger partial charge is 0.119 e. The zero-order valence-electron chi connectivity index (χ0n) is 28.1. The van der Waals surface area contributed by atoms with E-state index >= 15 is 0 Å². The summed E-state index contributed by atoms with van der Waals surface area (Å²) in [5.74, 6) is 0.835. The fraction of sp³-hybridized carbons (Fsp3) is 0.375. The second kappa shape index (κ2) is 15.8. The topological polar surface area (TPSA) is 52.7 Å². The molecule has 0 radical (unpaired) electrons. The number of ether oxygens (including phenoxy) is 1. The summed E-state index contributed by atoms with van der Waals surface area (Å²) in [6.07, 6.45) is 5.76. The summed E-state index contributed by atoms with van der Waals surface area (Å²) >= 11 is 6.23. The van der Waals surface area contributed by atoms with Gasteiger partial charge >= 0.3 is 0 Å². The van der Waals surface area contributed by atoms with Gasteiger partial charge in [0.25, 0.3) is 0 Å². The summed E-state index contributed by atoms with van der Waals surface area (Å²) in [6.45, 7) is 11.3. The highest BCUT2D eigenvalue weighted by molar-refractivity contribution is 6.31. The van der Waals surface area contributed by atoms with Crippen LogP contribution in [-0.2, 0) is 12.8 Å². The number of nitrogens with one attached hydrogen (secondary N) is 2. The predicted molar refractivity (Wildman–Crippen MR) is 200 cm³/mol. The predicted octanol–water partition coefficient (Wildman–Crippen LogP) is 8.87. The molecule has 1 aromatic heterocycles. The van der Waals surface area contributed by atoms with Crippen molar-refractivity contribution in [1.82, 2.24) is 15.2 Å². The number of aromatic nitrogens is 1. The summed E-state index contributed by atoms with van der Waals surface area (Å²) in [5, 5.41) is 10.0. The standard InChI is InChI=1S/C23H29ClN4O.C17H19N/c1-16(4-3-11-28-12-9-25-10-13-28)26-23-19-7-5-17(24)14-22(19)27-21-8-6-18(29-2)15-20(21)23;1-2-13-18-16-9-5-3-7-14(16)11-12-15-8-4-6-10-17(15)18/h5-8,14-16,25H,3-4,9-13H2,1-2H3,(H,26,27);3-10H,2,11-13H2,1H3. The Morgan fingerprint density at radius 3 is 2.23 bits per heavy atom. The van der Waals surface area contributed by atoms with Crippen LogP contribution >= 0.6 is 11.6 Å². The molecule has 0 amide bonds. The normalized spacial score (nSPS) is 15.3. The van der Waals surface area contributed by atoms with Crippen molar-refractivity contribution in [2.45, 2.75) is 52.0 Å². The van der Waals surface area contributed by atoms with Crippen LogP contribution in [0.5, 0.6) is 5.75 Å². The average molecular weight is 650 g/mol. The molecule has 2 N–H and O–H groups in total. The van der Waals surface area contributed by atoms with E-state index in [0.717, 1.165) is 91.8 Å². The van der Waals surface area contributed by atoms with Gasteiger partial charge in [-0.1, -0.05) is 54.9 Å². The van der Waals surface area contributed by atoms with Crippen molar-refractivity contribution in [2.75, 3.05) is 56.6 Å². The summed E-state index contributed by atoms with van der Waals surface area (Å²) in [6, 6.07) is 29.9. The number of rotatable bonds is 9. The molecule has 47 heavy (non-hydrogen) atoms. The van der Waals surface area contributed by atoms with Gasteiger partial charge < -0.3 is 25.2 Å². The quantitative estimate of drug-likeness (QED) is 0.156. The van der Waals surface area contributed by atoms with Crippen LogP contribution in [0.15, 0.2) is 84.9 Å². The maximum atomic E-state index is 6.23. The van der Waals surface area contributed by atoms with Crippen molar-refractivity contribution in [3.8, 4) is 5.75 Å². The number of para-hydroxylation sites is 2. The number of nitrogens with zero attached hydrogens (tertiary/aromatic N) is 3. The number of anilines is 3. The molecule has 6 nitrogen and oxygen atoms in total. The number of piperazine rings is 1. The molecule has 3 heterocycles. The van der Waals surface area contributed by atoms with Crippen molar-refractivity contribution in [2.24, 2.45) is 0 Å². The first-order valence-electron chi connectivity index (χ1n) is 17.2. The van der Waals surface area contributed by atoms with Crippen molar-refractivity contribution in [3.63, 3.8) is 0 Å². The Balaban J connectivity index is 0.000000183. The highest BCUT2D eigenvalue weighted by Gasteiger charge is 2.19. The van der Waals surface area contributed by atoms with E-state index in [1.54, 1.807) is 7.11 Å². The summed E-state index contributed by atoms with van der Waals surface area (Å²) in [5.41, 5.74) is 8.69. The molecule has 0 saturated carbocycles. The van der Waals surface area contributed by atoms with Gasteiger partial charge in [-0.15, -0.1) is 0 Å². The van der Waals surface area contributed by atoms with Gasteiger partial charge in [-0.25, -0.2) is 4.98 Å². The molecule has 0 spiro atoms. The molecule has 2 aliphatic heterocycles. The van der Waals surface area contributed by atoms with E-state index in [2.05, 4.69) is 94.9 Å². The molecule has 1 atom stereocenters. The second-order valence-corrected chi connectivity index (χ2v) is 13.2. The van der Waals surface area contributed by atoms with E-state index in [9.17, 15) is 0 Å². The van der Waals surface area contributed by atoms with Crippen LogP contribution in [0.3, 0.4) is 0 Å². The number of aryl methyl sites for hydroxylation is 2. The van der Waals surface area contributed by atoms with Crippen molar-refractivity contribution in [1.29, 1.82) is 0 Å². The van der Waals surface area contributed by atoms with Crippen LogP contribution in [0.25, 0.3) is 21.8 Å². The van der Waals surface area contributed by atoms with Crippen molar-refractivity contribution in [3.05, 3.63) is 101 Å². The Morgan fingerprint density at radius 2 is 1.55 bits per heavy atom. The van der Waals surface area contributed by atoms with Gasteiger partial charge in [0, 0.05) is 65.9 Å². The van der Waals surface area contributed by atoms with Crippen molar-refractivity contribution < 1.29 is 4.74 Å². The van der Waals surface area contributed by atoms with Gasteiger partial charge in [0.05, 0.1) is 23.8 Å². The molecule has 4 aromatic carbocycles. The number of benzene rings is 4. The zero-order chi connectivity index (χ0) is 32.6. The molecular formula is C40H48ClN5O. The maximum absolute atomic E-state index is 6.23. The van der Waals surface area contributed by atoms with Crippen LogP contribution in [0.1, 0.15) is 44.2 Å². The molecule has 1 saturated heterocycles. The van der Waals surface area contributed by atoms with E-state index in [4.69, 9.17) is 21.3 Å². The lowest BCUT2D eigenvalue weighted by Crippen LogP contribution is -2.43. The molecule has 2 aliphatic rings. The van der Waals surface area contributed by atoms with Crippen LogP contribution in [0.4, 0.5) is 17.1 Å². The van der Waals surface area contributed by atoms with Crippen LogP contribution in [0, 0.1) is 0 Å². The number of hydrogen-bond donors (Lipinski definition) is 2. The Hall–Kier alpha value is -3.84. The summed E-state index contributed by atoms with van der Waals surface area (Å²) < 4.78 is 5.46. The Labute approximate surface area is 285 Å². The summed E-state index contributed by atoms with van der Waals surface area (Å²) in [4.78, 5) is 9.85. The first-order chi connectivity index (χ1) is 23.0. The second-order valence-electron chi connectivity index (χ2n) is 12.7. The highest BCUT2D eigenvalue weighted by atomic mass is 35.5. The minimum Gasteiger partial charge on any atom is -0.497 e. The first-order valence-corrected chi connectivity index (χ1v) is 17.6. The molecule has 0 bridgehead atoms. The largest absolute Gasteiger partial charge is 0.497 e. The van der Waals surface area contributed by atoms with E-state index in [0.29, 0.717) is 11.1 Å². The van der Waals surface area contributed by atoms with E-state index in [-0.39, 0.29) is 0 Å². The van der Waals surface area contributed by atoms with Gasteiger partial charge in [0.15, 0.2) is 0 Å². The number of fused-ring (bicyclic) bond motifs is 4. The SMILES string of the molecule is CCCN1c2ccccc2CCc2ccccc21.COc1ccc2nc3cc(Cl)ccc3c(NC(C)CCCN3CCNCC3)c2c1. The minimum absolute atomic E-state index is 0.355. The van der Waals surface area contributed by atoms with Crippen LogP contribution < -0.4 is 20.3 Å². The fourth-order valence-corrected chi connectivity index (χ4v) is 7.05. The lowest BCUT2D eigenvalue weighted by atomic mass is 10.0. The first kappa shape index (κ1) is 33.1. The number of methoxy groups -OCH3 is 1. The maximum Gasteiger partial charge on any atom is 0.119 e. The van der Waals surface area contributed by atoms with Gasteiger partial charge in [-0.3, -0.25) is 0 Å². The van der Waals surface area contributed by atoms with Crippen LogP contribution in [-0.4, -0.2) is 62.3 Å². The van der Waals surface area contributed by atoms with Crippen molar-refractivity contribution >= 4 is 50.5 Å². The van der Waals surface area contributed by atoms with E-state index < -0.39 is 0 Å². The third kappa shape index (κ3) is 8.01. The van der Waals surface area contributed by atoms with Gasteiger partial charge in [-0.05, 0) is 105 Å². The summed E-state index contributed by atoms with van der Waals surface area (Å²) in [7, 11) is 1.70. The number of pyridine rings is 1. The third-order valence-corrected chi connectivity index (χ3v) is 9.57. The van der Waals surface area contributed by atoms with Gasteiger partial charge in [0.2, 0.25) is 0 Å². The lowest BCUT2D eigenvalue weighted by Gasteiger charge is -2.27. The molecule has 7 heteroatoms. The highest BCUT2D eigenvalue weighted by Crippen LogP contribution is 2.36. The molecule has 1 fully saturated rings. The number of hydrogen-bond acceptors (Lipinski definition) is 6. The van der Waals surface area contributed by atoms with Crippen LogP contribution in [0.2, 0.25) is 5.02 Å². The average Bonchev–Trinajstić information content (AvgIpc) is 3.26. The van der Waals surface area contributed by atoms with E-state index in [1.807, 2.05) is 24.3 Å². The molecule has 1 unspecified atom stereocenters. The molecule has 7 rings (SSSR count). The Kier molecular flexibility index (Phi) is 11.1. The van der Waals surface area contributed by atoms with Gasteiger partial charge in [0.1, 0.15) is 5.75 Å². The Morgan fingerprint density at radius 1 is 0.851 bits per heavy atom. The molecule has 0 aliphatic carbocycles. The molecule has 5 aromatic rings. The van der Waals surface area contributed by atoms with Gasteiger partial charge in [-0.2, -0.15) is 0 Å². The molecular weight excluding hydrogens is 602 g/mol. The molecule has 246 valence electrons.